The van der Waals surface area contributed by atoms with E-state index in [2.05, 4.69) is 50.3 Å². The molecule has 0 aliphatic rings. The van der Waals surface area contributed by atoms with Crippen LogP contribution in [0.4, 0.5) is 0 Å². The van der Waals surface area contributed by atoms with Crippen LogP contribution >= 0.6 is 0 Å². The van der Waals surface area contributed by atoms with Crippen LogP contribution in [0, 0.1) is 0 Å². The Morgan fingerprint density at radius 2 is 0.803 bits per heavy atom. The van der Waals surface area contributed by atoms with Crippen LogP contribution in [-0.4, -0.2) is 75.5 Å². The molecule has 0 aliphatic carbocycles. The van der Waals surface area contributed by atoms with Crippen molar-refractivity contribution in [1.29, 1.82) is 0 Å². The molecule has 2 unspecified atom stereocenters. The first kappa shape index (κ1) is 63.5. The van der Waals surface area contributed by atoms with Crippen molar-refractivity contribution in [2.75, 3.05) is 41.0 Å². The molecule has 0 amide bonds. The lowest BCUT2D eigenvalue weighted by Crippen LogP contribution is -2.55. The Kier molecular flexibility index (Phi) is 47.2. The van der Waals surface area contributed by atoms with Crippen molar-refractivity contribution in [2.24, 2.45) is 0 Å². The van der Waals surface area contributed by atoms with Gasteiger partial charge in [-0.05, 0) is 64.2 Å². The highest BCUT2D eigenvalue weighted by molar-refractivity contribution is 5.70. The minimum absolute atomic E-state index is 0.0401. The molecular formula is C58H107NO7. The largest absolute Gasteiger partial charge is 0.544 e. The van der Waals surface area contributed by atoms with Gasteiger partial charge < -0.3 is 28.6 Å². The zero-order valence-corrected chi connectivity index (χ0v) is 44.1. The third kappa shape index (κ3) is 46.7. The molecule has 0 aliphatic heterocycles. The molecule has 0 fully saturated rings. The van der Waals surface area contributed by atoms with Gasteiger partial charge in [-0.2, -0.15) is 0 Å². The van der Waals surface area contributed by atoms with Crippen LogP contribution in [0.1, 0.15) is 264 Å². The van der Waals surface area contributed by atoms with Gasteiger partial charge >= 0.3 is 11.9 Å². The number of ether oxygens (including phenoxy) is 3. The fraction of sp³-hybridized carbons (Fsp3) is 0.845. The normalized spacial score (nSPS) is 13.0. The third-order valence-corrected chi connectivity index (χ3v) is 12.8. The van der Waals surface area contributed by atoms with E-state index in [9.17, 15) is 19.5 Å². The Labute approximate surface area is 408 Å². The second kappa shape index (κ2) is 49.0. The lowest BCUT2D eigenvalue weighted by atomic mass is 10.0. The van der Waals surface area contributed by atoms with Crippen molar-refractivity contribution in [3.63, 3.8) is 0 Å². The van der Waals surface area contributed by atoms with E-state index in [1.807, 2.05) is 21.1 Å². The van der Waals surface area contributed by atoms with Crippen LogP contribution in [0.3, 0.4) is 0 Å². The van der Waals surface area contributed by atoms with Crippen LogP contribution in [0.25, 0.3) is 0 Å². The fourth-order valence-corrected chi connectivity index (χ4v) is 8.41. The molecule has 0 radical (unpaired) electrons. The Morgan fingerprint density at radius 3 is 1.20 bits per heavy atom. The van der Waals surface area contributed by atoms with Crippen LogP contribution in [-0.2, 0) is 28.6 Å². The van der Waals surface area contributed by atoms with Gasteiger partial charge in [-0.1, -0.05) is 217 Å². The first-order valence-corrected chi connectivity index (χ1v) is 28.0. The van der Waals surface area contributed by atoms with Gasteiger partial charge in [0, 0.05) is 19.3 Å². The molecule has 0 N–H and O–H groups in total. The van der Waals surface area contributed by atoms with E-state index in [1.54, 1.807) is 0 Å². The number of carbonyl (C=O) groups excluding carboxylic acids is 3. The van der Waals surface area contributed by atoms with E-state index in [0.717, 1.165) is 38.5 Å². The Hall–Kier alpha value is -2.45. The molecule has 386 valence electrons. The maximum Gasteiger partial charge on any atom is 0.306 e. The van der Waals surface area contributed by atoms with Gasteiger partial charge in [-0.15, -0.1) is 0 Å². The van der Waals surface area contributed by atoms with Crippen LogP contribution in [0.15, 0.2) is 36.5 Å². The van der Waals surface area contributed by atoms with Gasteiger partial charge in [0.25, 0.3) is 0 Å². The lowest BCUT2D eigenvalue weighted by Gasteiger charge is -2.34. The minimum atomic E-state index is -1.12. The zero-order valence-electron chi connectivity index (χ0n) is 44.1. The summed E-state index contributed by atoms with van der Waals surface area (Å²) in [7, 11) is 5.42. The number of hydrogen-bond donors (Lipinski definition) is 0. The standard InChI is InChI=1S/C58H107NO7/c1-6-8-10-12-14-16-18-20-22-24-26-28-29-31-32-34-36-38-40-42-44-46-48-56(60)65-53-54(52-64-51-50-55(58(62)63)59(3,4)5)66-57(61)49-47-45-43-41-39-37-35-33-30-27-25-23-21-19-17-15-13-11-9-7-2/h17,19,21,23,29,31,54-55H,6-16,18,20,22,24-28,30,32-53H2,1-5H3/b19-17+,23-21+,31-29+. The molecule has 0 heterocycles. The molecule has 0 saturated heterocycles. The van der Waals surface area contributed by atoms with E-state index in [-0.39, 0.29) is 42.7 Å². The third-order valence-electron chi connectivity index (χ3n) is 12.8. The van der Waals surface area contributed by atoms with Gasteiger partial charge in [-0.25, -0.2) is 0 Å². The predicted molar refractivity (Wildman–Crippen MR) is 277 cm³/mol. The topological polar surface area (TPSA) is 102 Å². The van der Waals surface area contributed by atoms with Gasteiger partial charge in [-0.3, -0.25) is 9.59 Å². The highest BCUT2D eigenvalue weighted by Gasteiger charge is 2.25. The number of quaternary nitrogens is 1. The van der Waals surface area contributed by atoms with E-state index < -0.39 is 18.1 Å². The quantitative estimate of drug-likeness (QED) is 0.0197. The molecule has 0 aromatic heterocycles. The summed E-state index contributed by atoms with van der Waals surface area (Å²) in [5.41, 5.74) is 0. The highest BCUT2D eigenvalue weighted by atomic mass is 16.6. The van der Waals surface area contributed by atoms with Crippen molar-refractivity contribution in [3.05, 3.63) is 36.5 Å². The number of aliphatic carboxylic acids is 1. The van der Waals surface area contributed by atoms with Gasteiger partial charge in [0.05, 0.1) is 40.3 Å². The zero-order chi connectivity index (χ0) is 48.4. The number of carboxylic acids is 1. The molecule has 0 aromatic carbocycles. The van der Waals surface area contributed by atoms with Gasteiger partial charge in [0.2, 0.25) is 0 Å². The minimum Gasteiger partial charge on any atom is -0.544 e. The second-order valence-corrected chi connectivity index (χ2v) is 20.2. The number of likely N-dealkylation sites (N-methyl/N-ethyl adjacent to an activating group) is 1. The van der Waals surface area contributed by atoms with Gasteiger partial charge in [0.1, 0.15) is 12.6 Å². The molecular weight excluding hydrogens is 823 g/mol. The van der Waals surface area contributed by atoms with E-state index in [1.165, 1.54) is 193 Å². The summed E-state index contributed by atoms with van der Waals surface area (Å²) >= 11 is 0. The number of allylic oxidation sites excluding steroid dienone is 6. The number of hydrogen-bond acceptors (Lipinski definition) is 7. The maximum atomic E-state index is 12.8. The Morgan fingerprint density at radius 1 is 0.455 bits per heavy atom. The number of unbranched alkanes of at least 4 members (excludes halogenated alkanes) is 32. The fourth-order valence-electron chi connectivity index (χ4n) is 8.41. The SMILES string of the molecule is CCCCCC/C=C/C=C/CCCCCCCCCCCCC(=O)OC(COCCC(C(=O)[O-])[N+](C)(C)C)COC(=O)CCCCCCCCC/C=C/CCCCCCCCCCCCC. The van der Waals surface area contributed by atoms with Crippen LogP contribution in [0.5, 0.6) is 0 Å². The predicted octanol–water partition coefficient (Wildman–Crippen LogP) is 15.2. The molecule has 66 heavy (non-hydrogen) atoms. The average Bonchev–Trinajstić information content (AvgIpc) is 3.28. The maximum absolute atomic E-state index is 12.8. The van der Waals surface area contributed by atoms with Crippen LogP contribution < -0.4 is 5.11 Å². The Bertz CT molecular complexity index is 1170. The summed E-state index contributed by atoms with van der Waals surface area (Å²) in [6.45, 7) is 4.68. The summed E-state index contributed by atoms with van der Waals surface area (Å²) in [6.07, 6.45) is 58.9. The van der Waals surface area contributed by atoms with Gasteiger partial charge in [0.15, 0.2) is 6.10 Å². The van der Waals surface area contributed by atoms with E-state index >= 15 is 0 Å². The molecule has 0 aromatic rings. The van der Waals surface area contributed by atoms with E-state index in [4.69, 9.17) is 14.2 Å². The number of carboxylic acid groups (broad SMARTS) is 1. The van der Waals surface area contributed by atoms with Crippen LogP contribution in [0.2, 0.25) is 0 Å². The first-order chi connectivity index (χ1) is 32.1. The number of rotatable bonds is 51. The molecule has 8 heteroatoms. The first-order valence-electron chi connectivity index (χ1n) is 28.0. The number of nitrogens with zero attached hydrogens (tertiary/aromatic N) is 1. The van der Waals surface area contributed by atoms with Crippen molar-refractivity contribution < 1.29 is 38.2 Å². The summed E-state index contributed by atoms with van der Waals surface area (Å²) in [5.74, 6) is -1.73. The molecule has 2 atom stereocenters. The summed E-state index contributed by atoms with van der Waals surface area (Å²) in [5, 5.41) is 11.7. The number of esters is 2. The Balaban J connectivity index is 4.18. The molecule has 0 saturated carbocycles. The summed E-state index contributed by atoms with van der Waals surface area (Å²) < 4.78 is 17.3. The van der Waals surface area contributed by atoms with Crippen molar-refractivity contribution in [2.45, 2.75) is 276 Å². The summed E-state index contributed by atoms with van der Waals surface area (Å²) in [6, 6.07) is -0.727. The molecule has 8 nitrogen and oxygen atoms in total. The van der Waals surface area contributed by atoms with Crippen molar-refractivity contribution in [1.82, 2.24) is 0 Å². The van der Waals surface area contributed by atoms with E-state index in [0.29, 0.717) is 12.8 Å². The molecule has 0 rings (SSSR count). The number of carbonyl (C=O) groups is 3. The summed E-state index contributed by atoms with van der Waals surface area (Å²) in [4.78, 5) is 37.1. The highest BCUT2D eigenvalue weighted by Crippen LogP contribution is 2.16. The molecule has 0 bridgehead atoms. The lowest BCUT2D eigenvalue weighted by molar-refractivity contribution is -0.889. The monoisotopic (exact) mass is 930 g/mol. The van der Waals surface area contributed by atoms with Crippen molar-refractivity contribution >= 4 is 17.9 Å². The molecule has 0 spiro atoms. The smallest absolute Gasteiger partial charge is 0.306 e. The van der Waals surface area contributed by atoms with Crippen molar-refractivity contribution in [3.8, 4) is 0 Å². The average molecular weight is 930 g/mol. The second-order valence-electron chi connectivity index (χ2n) is 20.2.